The molecular formula is C25H32N4O2S. The lowest BCUT2D eigenvalue weighted by molar-refractivity contribution is 0.184. The number of anilines is 1. The van der Waals surface area contributed by atoms with Crippen molar-refractivity contribution in [2.45, 2.75) is 53.4 Å². The van der Waals surface area contributed by atoms with Crippen molar-refractivity contribution in [3.8, 4) is 11.5 Å². The van der Waals surface area contributed by atoms with Crippen molar-refractivity contribution in [3.63, 3.8) is 0 Å². The Hall–Kier alpha value is -2.67. The maximum atomic E-state index is 5.43. The molecule has 0 saturated carbocycles. The third-order valence-electron chi connectivity index (χ3n) is 6.99. The zero-order valence-electron chi connectivity index (χ0n) is 19.8. The number of thiophene rings is 1. The van der Waals surface area contributed by atoms with Gasteiger partial charge in [-0.15, -0.1) is 11.3 Å². The van der Waals surface area contributed by atoms with Crippen molar-refractivity contribution in [2.75, 3.05) is 19.6 Å². The predicted octanol–water partition coefficient (Wildman–Crippen LogP) is 6.09. The zero-order valence-corrected chi connectivity index (χ0v) is 20.6. The molecule has 0 radical (unpaired) electrons. The van der Waals surface area contributed by atoms with E-state index >= 15 is 0 Å². The number of methoxy groups -OCH3 is 2. The van der Waals surface area contributed by atoms with Crippen molar-refractivity contribution in [1.82, 2.24) is 9.97 Å². The van der Waals surface area contributed by atoms with Gasteiger partial charge in [-0.05, 0) is 61.3 Å². The van der Waals surface area contributed by atoms with E-state index in [9.17, 15) is 0 Å². The van der Waals surface area contributed by atoms with E-state index in [4.69, 9.17) is 9.47 Å². The van der Waals surface area contributed by atoms with Crippen molar-refractivity contribution in [2.24, 2.45) is 16.4 Å². The molecular weight excluding hydrogens is 420 g/mol. The SMILES string of the molecule is CCC(C)(C)C1CCc2sc3ncnc(NN=C(C)c4ccc(OC)c(OC)c4)c3c2C1. The van der Waals surface area contributed by atoms with E-state index in [0.29, 0.717) is 22.8 Å². The van der Waals surface area contributed by atoms with Gasteiger partial charge >= 0.3 is 0 Å². The summed E-state index contributed by atoms with van der Waals surface area (Å²) in [6.45, 7) is 9.05. The second-order valence-electron chi connectivity index (χ2n) is 9.07. The molecule has 2 aromatic heterocycles. The van der Waals surface area contributed by atoms with E-state index < -0.39 is 0 Å². The number of nitrogens with zero attached hydrogens (tertiary/aromatic N) is 3. The molecule has 32 heavy (non-hydrogen) atoms. The van der Waals surface area contributed by atoms with Crippen LogP contribution in [0, 0.1) is 11.3 Å². The van der Waals surface area contributed by atoms with E-state index in [-0.39, 0.29) is 0 Å². The van der Waals surface area contributed by atoms with Gasteiger partial charge in [0.2, 0.25) is 0 Å². The number of hydrazone groups is 1. The van der Waals surface area contributed by atoms with Crippen LogP contribution in [0.1, 0.15) is 56.5 Å². The number of hydrogen-bond acceptors (Lipinski definition) is 7. The molecule has 1 aliphatic rings. The van der Waals surface area contributed by atoms with E-state index in [1.807, 2.05) is 25.1 Å². The van der Waals surface area contributed by atoms with Gasteiger partial charge in [0.15, 0.2) is 17.3 Å². The first kappa shape index (κ1) is 22.5. The van der Waals surface area contributed by atoms with Crippen LogP contribution in [0.3, 0.4) is 0 Å². The smallest absolute Gasteiger partial charge is 0.161 e. The largest absolute Gasteiger partial charge is 0.493 e. The molecule has 3 aromatic rings. The lowest BCUT2D eigenvalue weighted by Gasteiger charge is -2.36. The maximum absolute atomic E-state index is 5.43. The number of rotatable bonds is 7. The zero-order chi connectivity index (χ0) is 22.9. The number of hydrogen-bond donors (Lipinski definition) is 1. The molecule has 2 heterocycles. The lowest BCUT2D eigenvalue weighted by Crippen LogP contribution is -2.28. The molecule has 1 aliphatic carbocycles. The van der Waals surface area contributed by atoms with Crippen LogP contribution in [0.2, 0.25) is 0 Å². The molecule has 0 fully saturated rings. The molecule has 0 saturated heterocycles. The van der Waals surface area contributed by atoms with Gasteiger partial charge in [-0.2, -0.15) is 5.10 Å². The summed E-state index contributed by atoms with van der Waals surface area (Å²) >= 11 is 1.80. The molecule has 170 valence electrons. The molecule has 4 rings (SSSR count). The van der Waals surface area contributed by atoms with E-state index in [1.165, 1.54) is 23.3 Å². The Morgan fingerprint density at radius 1 is 1.22 bits per heavy atom. The quantitative estimate of drug-likeness (QED) is 0.347. The number of benzene rings is 1. The van der Waals surface area contributed by atoms with E-state index in [2.05, 4.69) is 41.3 Å². The molecule has 0 bridgehead atoms. The van der Waals surface area contributed by atoms with Crippen molar-refractivity contribution < 1.29 is 9.47 Å². The van der Waals surface area contributed by atoms with Crippen molar-refractivity contribution >= 4 is 33.1 Å². The number of fused-ring (bicyclic) bond motifs is 3. The van der Waals surface area contributed by atoms with E-state index in [1.54, 1.807) is 31.9 Å². The van der Waals surface area contributed by atoms with Crippen LogP contribution < -0.4 is 14.9 Å². The van der Waals surface area contributed by atoms with Gasteiger partial charge < -0.3 is 9.47 Å². The first-order chi connectivity index (χ1) is 15.4. The molecule has 0 spiro atoms. The number of aromatic nitrogens is 2. The van der Waals surface area contributed by atoms with Crippen LogP contribution >= 0.6 is 11.3 Å². The molecule has 1 atom stereocenters. The van der Waals surface area contributed by atoms with Crippen LogP contribution in [-0.2, 0) is 12.8 Å². The Kier molecular flexibility index (Phi) is 6.38. The highest BCUT2D eigenvalue weighted by molar-refractivity contribution is 7.19. The first-order valence-corrected chi connectivity index (χ1v) is 12.0. The fourth-order valence-electron chi connectivity index (χ4n) is 4.41. The van der Waals surface area contributed by atoms with Gasteiger partial charge in [-0.25, -0.2) is 9.97 Å². The topological polar surface area (TPSA) is 68.6 Å². The Bertz CT molecular complexity index is 1150. The molecule has 1 unspecified atom stereocenters. The maximum Gasteiger partial charge on any atom is 0.161 e. The molecule has 0 amide bonds. The third kappa shape index (κ3) is 4.18. The highest BCUT2D eigenvalue weighted by Gasteiger charge is 2.33. The standard InChI is InChI=1S/C25H32N4O2S/c1-7-25(3,4)17-9-11-21-18(13-17)22-23(26-14-27-24(22)32-21)29-28-15(2)16-8-10-19(30-5)20(12-16)31-6/h8,10,12,14,17H,7,9,11,13H2,1-6H3,(H,26,27,29). The van der Waals surface area contributed by atoms with Gasteiger partial charge in [0.1, 0.15) is 11.2 Å². The molecule has 7 heteroatoms. The normalized spacial score (nSPS) is 16.7. The first-order valence-electron chi connectivity index (χ1n) is 11.2. The minimum Gasteiger partial charge on any atom is -0.493 e. The van der Waals surface area contributed by atoms with Crippen LogP contribution in [0.5, 0.6) is 11.5 Å². The minimum atomic E-state index is 0.331. The summed E-state index contributed by atoms with van der Waals surface area (Å²) in [5.41, 5.74) is 6.76. The van der Waals surface area contributed by atoms with Crippen molar-refractivity contribution in [3.05, 3.63) is 40.5 Å². The average Bonchev–Trinajstić information content (AvgIpc) is 3.20. The monoisotopic (exact) mass is 452 g/mol. The fraction of sp³-hybridized carbons (Fsp3) is 0.480. The van der Waals surface area contributed by atoms with Crippen LogP contribution in [0.4, 0.5) is 5.82 Å². The molecule has 1 aromatic carbocycles. The second kappa shape index (κ2) is 9.06. The second-order valence-corrected chi connectivity index (χ2v) is 10.2. The fourth-order valence-corrected chi connectivity index (χ4v) is 5.59. The Balaban J connectivity index is 1.65. The van der Waals surface area contributed by atoms with Crippen LogP contribution in [0.25, 0.3) is 10.2 Å². The highest BCUT2D eigenvalue weighted by Crippen LogP contribution is 2.45. The minimum absolute atomic E-state index is 0.331. The van der Waals surface area contributed by atoms with Crippen molar-refractivity contribution in [1.29, 1.82) is 0 Å². The lowest BCUT2D eigenvalue weighted by atomic mass is 9.69. The Morgan fingerprint density at radius 2 is 2.00 bits per heavy atom. The Morgan fingerprint density at radius 3 is 2.72 bits per heavy atom. The molecule has 6 nitrogen and oxygen atoms in total. The van der Waals surface area contributed by atoms with Gasteiger partial charge in [0.25, 0.3) is 0 Å². The highest BCUT2D eigenvalue weighted by atomic mass is 32.1. The van der Waals surface area contributed by atoms with Gasteiger partial charge in [0.05, 0.1) is 25.3 Å². The summed E-state index contributed by atoms with van der Waals surface area (Å²) in [6, 6.07) is 5.79. The number of nitrogens with one attached hydrogen (secondary N) is 1. The summed E-state index contributed by atoms with van der Waals surface area (Å²) in [5.74, 6) is 2.83. The third-order valence-corrected chi connectivity index (χ3v) is 8.19. The van der Waals surface area contributed by atoms with Gasteiger partial charge in [-0.1, -0.05) is 27.2 Å². The van der Waals surface area contributed by atoms with Gasteiger partial charge in [0, 0.05) is 10.4 Å². The van der Waals surface area contributed by atoms with Crippen LogP contribution in [-0.4, -0.2) is 29.9 Å². The summed E-state index contributed by atoms with van der Waals surface area (Å²) in [5, 5.41) is 5.78. The predicted molar refractivity (Wildman–Crippen MR) is 132 cm³/mol. The molecule has 1 N–H and O–H groups in total. The van der Waals surface area contributed by atoms with Gasteiger partial charge in [-0.3, -0.25) is 5.43 Å². The molecule has 0 aliphatic heterocycles. The van der Waals surface area contributed by atoms with Crippen LogP contribution in [0.15, 0.2) is 29.6 Å². The number of ether oxygens (including phenoxy) is 2. The summed E-state index contributed by atoms with van der Waals surface area (Å²) in [7, 11) is 3.27. The average molecular weight is 453 g/mol. The summed E-state index contributed by atoms with van der Waals surface area (Å²) < 4.78 is 10.8. The Labute approximate surface area is 194 Å². The summed E-state index contributed by atoms with van der Waals surface area (Å²) in [4.78, 5) is 11.6. The van der Waals surface area contributed by atoms with E-state index in [0.717, 1.165) is 40.2 Å². The summed E-state index contributed by atoms with van der Waals surface area (Å²) in [6.07, 6.45) is 6.26. The number of aryl methyl sites for hydroxylation is 1.